The molecule has 5 nitrogen and oxygen atoms in total. The first-order chi connectivity index (χ1) is 6.08. The molecule has 0 radical (unpaired) electrons. The minimum absolute atomic E-state index is 0.534. The Bertz CT molecular complexity index is 288. The number of carboxylic acid groups (broad SMARTS) is 1. The Morgan fingerprint density at radius 2 is 2.54 bits per heavy atom. The summed E-state index contributed by atoms with van der Waals surface area (Å²) in [6.45, 7) is 3.50. The standard InChI is InChI=1S/C7H11N3O2S/c1-3-7(2,5(11)12)13-6-8-4-9-10-6/h4H,3H2,1-2H3,(H,11,12)(H,8,9,10). The van der Waals surface area contributed by atoms with Crippen molar-refractivity contribution in [3.05, 3.63) is 6.33 Å². The van der Waals surface area contributed by atoms with Gasteiger partial charge in [0, 0.05) is 0 Å². The van der Waals surface area contributed by atoms with Crippen LogP contribution in [0.3, 0.4) is 0 Å². The third kappa shape index (κ3) is 2.21. The monoisotopic (exact) mass is 201 g/mol. The molecular weight excluding hydrogens is 190 g/mol. The quantitative estimate of drug-likeness (QED) is 0.714. The van der Waals surface area contributed by atoms with Crippen molar-refractivity contribution in [1.82, 2.24) is 15.2 Å². The minimum atomic E-state index is -0.837. The highest BCUT2D eigenvalue weighted by molar-refractivity contribution is 8.01. The molecule has 0 aliphatic rings. The van der Waals surface area contributed by atoms with E-state index in [4.69, 9.17) is 5.11 Å². The van der Waals surface area contributed by atoms with Crippen LogP contribution in [0, 0.1) is 0 Å². The highest BCUT2D eigenvalue weighted by Crippen LogP contribution is 2.32. The maximum absolute atomic E-state index is 10.9. The zero-order valence-corrected chi connectivity index (χ0v) is 8.26. The van der Waals surface area contributed by atoms with Gasteiger partial charge in [-0.05, 0) is 13.3 Å². The van der Waals surface area contributed by atoms with Crippen LogP contribution in [0.1, 0.15) is 20.3 Å². The second-order valence-electron chi connectivity index (χ2n) is 2.78. The molecule has 2 N–H and O–H groups in total. The average molecular weight is 201 g/mol. The molecule has 0 saturated heterocycles. The molecule has 1 aromatic heterocycles. The van der Waals surface area contributed by atoms with Gasteiger partial charge in [-0.15, -0.1) is 0 Å². The van der Waals surface area contributed by atoms with Gasteiger partial charge in [0.15, 0.2) is 5.16 Å². The predicted octanol–water partition coefficient (Wildman–Crippen LogP) is 1.15. The summed E-state index contributed by atoms with van der Waals surface area (Å²) in [5.41, 5.74) is 0. The van der Waals surface area contributed by atoms with Crippen LogP contribution in [0.25, 0.3) is 0 Å². The number of nitrogens with one attached hydrogen (secondary N) is 1. The van der Waals surface area contributed by atoms with Crippen LogP contribution in [0.15, 0.2) is 11.5 Å². The number of aliphatic carboxylic acids is 1. The van der Waals surface area contributed by atoms with Gasteiger partial charge in [0.2, 0.25) is 0 Å². The van der Waals surface area contributed by atoms with E-state index in [1.165, 1.54) is 18.1 Å². The lowest BCUT2D eigenvalue weighted by Gasteiger charge is -2.19. The molecule has 0 saturated carbocycles. The van der Waals surface area contributed by atoms with Crippen LogP contribution in [0.2, 0.25) is 0 Å². The van der Waals surface area contributed by atoms with Crippen molar-refractivity contribution >= 4 is 17.7 Å². The van der Waals surface area contributed by atoms with E-state index >= 15 is 0 Å². The molecule has 1 rings (SSSR count). The number of rotatable bonds is 4. The van der Waals surface area contributed by atoms with Crippen molar-refractivity contribution in [2.75, 3.05) is 0 Å². The second kappa shape index (κ2) is 3.78. The first-order valence-electron chi connectivity index (χ1n) is 3.86. The van der Waals surface area contributed by atoms with Crippen LogP contribution in [0.5, 0.6) is 0 Å². The van der Waals surface area contributed by atoms with Gasteiger partial charge in [-0.3, -0.25) is 9.89 Å². The third-order valence-corrected chi connectivity index (χ3v) is 3.15. The zero-order chi connectivity index (χ0) is 9.90. The molecule has 0 aromatic carbocycles. The number of hydrogen-bond donors (Lipinski definition) is 2. The van der Waals surface area contributed by atoms with E-state index < -0.39 is 10.7 Å². The minimum Gasteiger partial charge on any atom is -0.480 e. The number of carboxylic acids is 1. The number of nitrogens with zero attached hydrogens (tertiary/aromatic N) is 2. The summed E-state index contributed by atoms with van der Waals surface area (Å²) >= 11 is 1.18. The van der Waals surface area contributed by atoms with Crippen LogP contribution in [0.4, 0.5) is 0 Å². The van der Waals surface area contributed by atoms with Crippen molar-refractivity contribution in [3.63, 3.8) is 0 Å². The van der Waals surface area contributed by atoms with E-state index in [-0.39, 0.29) is 0 Å². The Labute approximate surface area is 80.0 Å². The first-order valence-corrected chi connectivity index (χ1v) is 4.68. The lowest BCUT2D eigenvalue weighted by atomic mass is 10.1. The van der Waals surface area contributed by atoms with Gasteiger partial charge in [-0.25, -0.2) is 4.98 Å². The number of aromatic nitrogens is 3. The fourth-order valence-electron chi connectivity index (χ4n) is 0.724. The molecule has 6 heteroatoms. The topological polar surface area (TPSA) is 78.9 Å². The maximum atomic E-state index is 10.9. The van der Waals surface area contributed by atoms with E-state index in [1.54, 1.807) is 6.92 Å². The number of thioether (sulfide) groups is 1. The first kappa shape index (κ1) is 10.0. The number of hydrogen-bond acceptors (Lipinski definition) is 4. The van der Waals surface area contributed by atoms with Gasteiger partial charge in [-0.1, -0.05) is 18.7 Å². The third-order valence-electron chi connectivity index (χ3n) is 1.84. The van der Waals surface area contributed by atoms with E-state index in [1.807, 2.05) is 6.92 Å². The molecule has 1 heterocycles. The number of H-pyrrole nitrogens is 1. The molecule has 72 valence electrons. The fourth-order valence-corrected chi connectivity index (χ4v) is 1.58. The zero-order valence-electron chi connectivity index (χ0n) is 7.44. The number of carbonyl (C=O) groups is 1. The van der Waals surface area contributed by atoms with Gasteiger partial charge in [0.25, 0.3) is 0 Å². The summed E-state index contributed by atoms with van der Waals surface area (Å²) in [5.74, 6) is -0.837. The average Bonchev–Trinajstić information content (AvgIpc) is 2.56. The molecule has 1 atom stereocenters. The van der Waals surface area contributed by atoms with Crippen molar-refractivity contribution in [1.29, 1.82) is 0 Å². The molecule has 0 bridgehead atoms. The molecule has 1 unspecified atom stereocenters. The Balaban J connectivity index is 2.75. The van der Waals surface area contributed by atoms with Crippen molar-refractivity contribution < 1.29 is 9.90 Å². The van der Waals surface area contributed by atoms with Crippen LogP contribution >= 0.6 is 11.8 Å². The second-order valence-corrected chi connectivity index (χ2v) is 4.27. The summed E-state index contributed by atoms with van der Waals surface area (Å²) in [4.78, 5) is 14.8. The van der Waals surface area contributed by atoms with Crippen LogP contribution < -0.4 is 0 Å². The largest absolute Gasteiger partial charge is 0.480 e. The van der Waals surface area contributed by atoms with E-state index in [0.29, 0.717) is 11.6 Å². The van der Waals surface area contributed by atoms with Gasteiger partial charge in [0.1, 0.15) is 11.1 Å². The van der Waals surface area contributed by atoms with E-state index in [9.17, 15) is 4.79 Å². The molecular formula is C7H11N3O2S. The summed E-state index contributed by atoms with van der Waals surface area (Å²) in [7, 11) is 0. The van der Waals surface area contributed by atoms with Crippen molar-refractivity contribution in [3.8, 4) is 0 Å². The summed E-state index contributed by atoms with van der Waals surface area (Å²) in [6.07, 6.45) is 1.90. The Kier molecular flexibility index (Phi) is 2.92. The summed E-state index contributed by atoms with van der Waals surface area (Å²) in [5, 5.41) is 15.8. The lowest BCUT2D eigenvalue weighted by molar-refractivity contribution is -0.139. The fraction of sp³-hybridized carbons (Fsp3) is 0.571. The van der Waals surface area contributed by atoms with Crippen LogP contribution in [-0.2, 0) is 4.79 Å². The molecule has 0 amide bonds. The Hall–Kier alpha value is -1.04. The molecule has 0 aliphatic carbocycles. The number of aromatic amines is 1. The van der Waals surface area contributed by atoms with Gasteiger partial charge < -0.3 is 5.11 Å². The van der Waals surface area contributed by atoms with E-state index in [2.05, 4.69) is 15.2 Å². The van der Waals surface area contributed by atoms with Gasteiger partial charge in [-0.2, -0.15) is 5.10 Å². The summed E-state index contributed by atoms with van der Waals surface area (Å²) in [6, 6.07) is 0. The van der Waals surface area contributed by atoms with Crippen molar-refractivity contribution in [2.24, 2.45) is 0 Å². The Morgan fingerprint density at radius 3 is 2.92 bits per heavy atom. The van der Waals surface area contributed by atoms with Crippen LogP contribution in [-0.4, -0.2) is 31.0 Å². The Morgan fingerprint density at radius 1 is 1.85 bits per heavy atom. The highest BCUT2D eigenvalue weighted by atomic mass is 32.2. The highest BCUT2D eigenvalue weighted by Gasteiger charge is 2.33. The van der Waals surface area contributed by atoms with Crippen molar-refractivity contribution in [2.45, 2.75) is 30.2 Å². The summed E-state index contributed by atoms with van der Waals surface area (Å²) < 4.78 is -0.834. The molecule has 0 fully saturated rings. The molecule has 0 spiro atoms. The lowest BCUT2D eigenvalue weighted by Crippen LogP contribution is -2.30. The molecule has 13 heavy (non-hydrogen) atoms. The van der Waals surface area contributed by atoms with Gasteiger partial charge in [0.05, 0.1) is 0 Å². The molecule has 0 aliphatic heterocycles. The SMILES string of the molecule is CCC(C)(Sc1ncn[nH]1)C(=O)O. The maximum Gasteiger partial charge on any atom is 0.319 e. The van der Waals surface area contributed by atoms with E-state index in [0.717, 1.165) is 0 Å². The molecule has 1 aromatic rings. The predicted molar refractivity (Wildman–Crippen MR) is 48.6 cm³/mol. The normalized spacial score (nSPS) is 15.2. The smallest absolute Gasteiger partial charge is 0.319 e. The van der Waals surface area contributed by atoms with Gasteiger partial charge >= 0.3 is 5.97 Å².